The fraction of sp³-hybridized carbons (Fsp3) is 0.579. The van der Waals surface area contributed by atoms with Gasteiger partial charge in [0.05, 0.1) is 19.1 Å². The van der Waals surface area contributed by atoms with Crippen molar-refractivity contribution >= 4 is 19.0 Å². The van der Waals surface area contributed by atoms with Gasteiger partial charge in [0.25, 0.3) is 0 Å². The Labute approximate surface area is 174 Å². The van der Waals surface area contributed by atoms with Gasteiger partial charge in [-0.3, -0.25) is 4.79 Å². The summed E-state index contributed by atoms with van der Waals surface area (Å²) in [5.74, 6) is -1.77. The van der Waals surface area contributed by atoms with Crippen LogP contribution < -0.4 is 15.8 Å². The number of carbonyl (C=O) groups is 2. The zero-order valence-electron chi connectivity index (χ0n) is 16.7. The van der Waals surface area contributed by atoms with Gasteiger partial charge >= 0.3 is 13.1 Å². The van der Waals surface area contributed by atoms with Crippen LogP contribution >= 0.6 is 0 Å². The van der Waals surface area contributed by atoms with Crippen molar-refractivity contribution in [1.29, 1.82) is 0 Å². The minimum atomic E-state index is -1.55. The van der Waals surface area contributed by atoms with Crippen molar-refractivity contribution in [2.75, 3.05) is 26.2 Å². The van der Waals surface area contributed by atoms with Crippen LogP contribution in [0.5, 0.6) is 11.5 Å². The molecule has 2 aliphatic rings. The van der Waals surface area contributed by atoms with Crippen molar-refractivity contribution in [3.8, 4) is 11.5 Å². The maximum Gasteiger partial charge on any atom is 0.451 e. The molecule has 0 spiro atoms. The number of ether oxygens (including phenoxy) is 1. The molecule has 0 bridgehead atoms. The number of phenols is 1. The second kappa shape index (κ2) is 9.65. The van der Waals surface area contributed by atoms with Gasteiger partial charge in [-0.15, -0.1) is 0 Å². The second-order valence-electron chi connectivity index (χ2n) is 7.87. The molecule has 164 valence electrons. The van der Waals surface area contributed by atoms with Crippen LogP contribution in [-0.2, 0) is 11.2 Å². The molecular weight excluding hydrogens is 393 g/mol. The lowest BCUT2D eigenvalue weighted by Gasteiger charge is -2.41. The number of rotatable bonds is 8. The summed E-state index contributed by atoms with van der Waals surface area (Å²) in [6, 6.07) is 2.38. The predicted molar refractivity (Wildman–Crippen MR) is 108 cm³/mol. The molecule has 2 heterocycles. The van der Waals surface area contributed by atoms with E-state index in [1.54, 1.807) is 4.90 Å². The minimum Gasteiger partial charge on any atom is -0.507 e. The number of aromatic hydroxyl groups is 1. The van der Waals surface area contributed by atoms with E-state index in [0.717, 1.165) is 25.9 Å². The average molecular weight is 421 g/mol. The summed E-state index contributed by atoms with van der Waals surface area (Å²) in [6.45, 7) is 2.31. The number of carbonyl (C=O) groups excluding carboxylic acids is 1. The SMILES string of the molecule is NC(C(=O)N1CC(Oc2ccc(CCB(O)O)c(O)c2C(=O)O)C1)C1CCNCC1. The molecule has 1 aromatic carbocycles. The van der Waals surface area contributed by atoms with Crippen LogP contribution in [0.2, 0.25) is 6.32 Å². The quantitative estimate of drug-likeness (QED) is 0.289. The zero-order chi connectivity index (χ0) is 21.8. The minimum absolute atomic E-state index is 0.00745. The number of carboxylic acids is 1. The van der Waals surface area contributed by atoms with Crippen molar-refractivity contribution in [2.24, 2.45) is 11.7 Å². The number of amides is 1. The zero-order valence-corrected chi connectivity index (χ0v) is 16.7. The van der Waals surface area contributed by atoms with Crippen LogP contribution in [0.3, 0.4) is 0 Å². The van der Waals surface area contributed by atoms with Gasteiger partial charge in [-0.1, -0.05) is 6.07 Å². The first-order valence-corrected chi connectivity index (χ1v) is 10.1. The number of likely N-dealkylation sites (tertiary alicyclic amines) is 1. The molecule has 1 atom stereocenters. The third-order valence-electron chi connectivity index (χ3n) is 5.74. The number of hydrogen-bond acceptors (Lipinski definition) is 8. The molecule has 0 aromatic heterocycles. The van der Waals surface area contributed by atoms with Gasteiger partial charge in [0, 0.05) is 0 Å². The number of hydrogen-bond donors (Lipinski definition) is 6. The Morgan fingerprint density at radius 1 is 1.27 bits per heavy atom. The highest BCUT2D eigenvalue weighted by molar-refractivity contribution is 6.41. The molecule has 2 saturated heterocycles. The molecule has 0 aliphatic carbocycles. The van der Waals surface area contributed by atoms with E-state index in [-0.39, 0.29) is 41.4 Å². The Kier molecular flexibility index (Phi) is 7.19. The summed E-state index contributed by atoms with van der Waals surface area (Å²) in [6.07, 6.45) is 1.40. The maximum atomic E-state index is 12.6. The Hall–Kier alpha value is -2.34. The lowest BCUT2D eigenvalue weighted by Crippen LogP contribution is -2.61. The summed E-state index contributed by atoms with van der Waals surface area (Å²) < 4.78 is 5.73. The molecule has 1 amide bonds. The monoisotopic (exact) mass is 421 g/mol. The van der Waals surface area contributed by atoms with Crippen LogP contribution in [0.15, 0.2) is 12.1 Å². The molecule has 10 nitrogen and oxygen atoms in total. The Morgan fingerprint density at radius 2 is 1.93 bits per heavy atom. The van der Waals surface area contributed by atoms with E-state index in [4.69, 9.17) is 20.5 Å². The summed E-state index contributed by atoms with van der Waals surface area (Å²) in [7, 11) is -1.55. The summed E-state index contributed by atoms with van der Waals surface area (Å²) in [5, 5.41) is 41.0. The van der Waals surface area contributed by atoms with Crippen LogP contribution in [-0.4, -0.2) is 82.5 Å². The van der Waals surface area contributed by atoms with E-state index >= 15 is 0 Å². The number of benzene rings is 1. The van der Waals surface area contributed by atoms with E-state index < -0.39 is 31.0 Å². The Bertz CT molecular complexity index is 780. The number of aromatic carboxylic acids is 1. The highest BCUT2D eigenvalue weighted by atomic mass is 16.5. The largest absolute Gasteiger partial charge is 0.507 e. The van der Waals surface area contributed by atoms with E-state index in [1.807, 2.05) is 0 Å². The fourth-order valence-electron chi connectivity index (χ4n) is 3.90. The van der Waals surface area contributed by atoms with Crippen molar-refractivity contribution in [2.45, 2.75) is 37.7 Å². The number of aryl methyl sites for hydroxylation is 1. The standard InChI is InChI=1S/C19H28BN3O7/c21-16(11-4-7-22-8-5-11)18(25)23-9-13(10-23)30-14-2-1-12(3-6-20(28)29)17(24)15(14)19(26)27/h1-2,11,13,16,22,24,28-29H,3-10,21H2,(H,26,27). The van der Waals surface area contributed by atoms with Crippen LogP contribution in [0.25, 0.3) is 0 Å². The molecule has 3 rings (SSSR count). The molecule has 30 heavy (non-hydrogen) atoms. The number of nitrogens with one attached hydrogen (secondary N) is 1. The first-order chi connectivity index (χ1) is 14.3. The van der Waals surface area contributed by atoms with E-state index in [2.05, 4.69) is 5.32 Å². The number of nitrogens with two attached hydrogens (primary N) is 1. The van der Waals surface area contributed by atoms with Gasteiger partial charge in [0.15, 0.2) is 0 Å². The van der Waals surface area contributed by atoms with Crippen molar-refractivity contribution in [3.63, 3.8) is 0 Å². The third kappa shape index (κ3) is 5.04. The normalized spacial score (nSPS) is 18.6. The maximum absolute atomic E-state index is 12.6. The average Bonchev–Trinajstić information content (AvgIpc) is 2.68. The highest BCUT2D eigenvalue weighted by Gasteiger charge is 2.38. The summed E-state index contributed by atoms with van der Waals surface area (Å²) in [5.41, 5.74) is 6.05. The van der Waals surface area contributed by atoms with Gasteiger partial charge in [0.2, 0.25) is 5.91 Å². The lowest BCUT2D eigenvalue weighted by atomic mass is 9.82. The Balaban J connectivity index is 1.60. The van der Waals surface area contributed by atoms with Gasteiger partial charge in [0.1, 0.15) is 23.2 Å². The first-order valence-electron chi connectivity index (χ1n) is 10.1. The predicted octanol–water partition coefficient (Wildman–Crippen LogP) is -0.978. The molecular formula is C19H28BN3O7. The first kappa shape index (κ1) is 22.4. The van der Waals surface area contributed by atoms with Crippen LogP contribution in [0.1, 0.15) is 28.8 Å². The summed E-state index contributed by atoms with van der Waals surface area (Å²) in [4.78, 5) is 25.8. The fourth-order valence-corrected chi connectivity index (χ4v) is 3.90. The molecule has 0 saturated carbocycles. The molecule has 2 aliphatic heterocycles. The van der Waals surface area contributed by atoms with Crippen molar-refractivity contribution in [3.05, 3.63) is 23.3 Å². The second-order valence-corrected chi connectivity index (χ2v) is 7.87. The van der Waals surface area contributed by atoms with Crippen LogP contribution in [0, 0.1) is 5.92 Å². The third-order valence-corrected chi connectivity index (χ3v) is 5.74. The lowest BCUT2D eigenvalue weighted by molar-refractivity contribution is -0.143. The molecule has 7 N–H and O–H groups in total. The van der Waals surface area contributed by atoms with Crippen LogP contribution in [0.4, 0.5) is 0 Å². The molecule has 11 heteroatoms. The van der Waals surface area contributed by atoms with Gasteiger partial charge in [-0.2, -0.15) is 0 Å². The van der Waals surface area contributed by atoms with E-state index in [1.165, 1.54) is 12.1 Å². The molecule has 2 fully saturated rings. The van der Waals surface area contributed by atoms with Gasteiger partial charge in [-0.25, -0.2) is 4.79 Å². The van der Waals surface area contributed by atoms with Crippen molar-refractivity contribution in [1.82, 2.24) is 10.2 Å². The summed E-state index contributed by atoms with van der Waals surface area (Å²) >= 11 is 0. The topological polar surface area (TPSA) is 166 Å². The molecule has 0 radical (unpaired) electrons. The smallest absolute Gasteiger partial charge is 0.451 e. The van der Waals surface area contributed by atoms with E-state index in [0.29, 0.717) is 13.1 Å². The van der Waals surface area contributed by atoms with Gasteiger partial charge < -0.3 is 40.9 Å². The number of nitrogens with zero attached hydrogens (tertiary/aromatic N) is 1. The number of carboxylic acid groups (broad SMARTS) is 1. The van der Waals surface area contributed by atoms with Gasteiger partial charge in [-0.05, 0) is 56.2 Å². The number of piperidine rings is 1. The Morgan fingerprint density at radius 3 is 2.53 bits per heavy atom. The van der Waals surface area contributed by atoms with E-state index in [9.17, 15) is 19.8 Å². The van der Waals surface area contributed by atoms with Crippen molar-refractivity contribution < 1.29 is 34.6 Å². The highest BCUT2D eigenvalue weighted by Crippen LogP contribution is 2.34. The molecule has 1 aromatic rings. The molecule has 1 unspecified atom stereocenters.